The Morgan fingerprint density at radius 3 is 2.00 bits per heavy atom. The highest BCUT2D eigenvalue weighted by molar-refractivity contribution is 7.57. The zero-order valence-corrected chi connectivity index (χ0v) is 9.25. The summed E-state index contributed by atoms with van der Waals surface area (Å²) in [4.78, 5) is 0. The summed E-state index contributed by atoms with van der Waals surface area (Å²) < 4.78 is 26.6. The van der Waals surface area contributed by atoms with E-state index >= 15 is 0 Å². The number of hydrogen-bond acceptors (Lipinski definition) is 4. The van der Waals surface area contributed by atoms with Crippen molar-refractivity contribution in [1.82, 2.24) is 0 Å². The van der Waals surface area contributed by atoms with E-state index in [2.05, 4.69) is 0 Å². The fraction of sp³-hybridized carbons (Fsp3) is 0.750. The van der Waals surface area contributed by atoms with E-state index < -0.39 is 7.60 Å². The first-order valence-electron chi connectivity index (χ1n) is 4.36. The lowest BCUT2D eigenvalue weighted by Crippen LogP contribution is -1.93. The van der Waals surface area contributed by atoms with E-state index in [0.29, 0.717) is 19.8 Å². The van der Waals surface area contributed by atoms with Crippen molar-refractivity contribution in [2.45, 2.75) is 20.8 Å². The van der Waals surface area contributed by atoms with Crippen LogP contribution >= 0.6 is 7.60 Å². The van der Waals surface area contributed by atoms with E-state index in [0.717, 1.165) is 0 Å². The summed E-state index contributed by atoms with van der Waals surface area (Å²) in [5, 5.41) is 0. The van der Waals surface area contributed by atoms with Gasteiger partial charge < -0.3 is 13.8 Å². The van der Waals surface area contributed by atoms with Crippen LogP contribution in [0.2, 0.25) is 0 Å². The van der Waals surface area contributed by atoms with Crippen LogP contribution in [0.25, 0.3) is 0 Å². The molecule has 0 aliphatic heterocycles. The van der Waals surface area contributed by atoms with Crippen LogP contribution in [0.15, 0.2) is 12.1 Å². The molecule has 0 aromatic heterocycles. The van der Waals surface area contributed by atoms with Gasteiger partial charge in [-0.05, 0) is 20.8 Å². The zero-order valence-electron chi connectivity index (χ0n) is 8.36. The smallest absolute Gasteiger partial charge is 0.357 e. The number of ether oxygens (including phenoxy) is 1. The number of hydrogen-bond donors (Lipinski definition) is 0. The summed E-state index contributed by atoms with van der Waals surface area (Å²) in [6, 6.07) is 0. The van der Waals surface area contributed by atoms with Gasteiger partial charge in [0.25, 0.3) is 0 Å². The Morgan fingerprint density at radius 1 is 1.08 bits per heavy atom. The highest BCUT2D eigenvalue weighted by atomic mass is 31.2. The van der Waals surface area contributed by atoms with Gasteiger partial charge in [-0.25, -0.2) is 0 Å². The molecule has 0 saturated heterocycles. The van der Waals surface area contributed by atoms with Gasteiger partial charge in [-0.2, -0.15) is 0 Å². The molecule has 4 nitrogen and oxygen atoms in total. The molecule has 0 unspecified atom stereocenters. The van der Waals surface area contributed by atoms with Gasteiger partial charge in [-0.15, -0.1) is 0 Å². The minimum atomic E-state index is -3.05. The minimum Gasteiger partial charge on any atom is -0.501 e. The molecule has 0 aromatic carbocycles. The minimum absolute atomic E-state index is 0.355. The maximum absolute atomic E-state index is 11.7. The molecule has 0 aromatic rings. The largest absolute Gasteiger partial charge is 0.501 e. The standard InChI is InChI=1S/C8H17O4P/c1-4-10-7-8-13(9,11-5-2)12-6-3/h7-8H,4-6H2,1-3H3. The highest BCUT2D eigenvalue weighted by Crippen LogP contribution is 2.49. The first kappa shape index (κ1) is 12.7. The van der Waals surface area contributed by atoms with Crippen LogP contribution in [0.3, 0.4) is 0 Å². The van der Waals surface area contributed by atoms with E-state index in [1.807, 2.05) is 6.92 Å². The Morgan fingerprint density at radius 2 is 1.62 bits per heavy atom. The third-order valence-corrected chi connectivity index (χ3v) is 2.85. The van der Waals surface area contributed by atoms with Gasteiger partial charge in [0.05, 0.1) is 31.9 Å². The van der Waals surface area contributed by atoms with Gasteiger partial charge in [0.2, 0.25) is 0 Å². The average molecular weight is 208 g/mol. The first-order valence-corrected chi connectivity index (χ1v) is 5.97. The molecule has 0 spiro atoms. The SMILES string of the molecule is CCOC=CP(=O)(OCC)OCC. The lowest BCUT2D eigenvalue weighted by molar-refractivity contribution is 0.225. The Hall–Kier alpha value is -0.310. The Kier molecular flexibility index (Phi) is 6.96. The van der Waals surface area contributed by atoms with Gasteiger partial charge in [0.15, 0.2) is 0 Å². The van der Waals surface area contributed by atoms with Crippen LogP contribution in [-0.4, -0.2) is 19.8 Å². The van der Waals surface area contributed by atoms with Crippen molar-refractivity contribution in [3.8, 4) is 0 Å². The molecule has 78 valence electrons. The van der Waals surface area contributed by atoms with Crippen LogP contribution in [0, 0.1) is 0 Å². The van der Waals surface area contributed by atoms with E-state index in [-0.39, 0.29) is 0 Å². The van der Waals surface area contributed by atoms with Gasteiger partial charge in [-0.1, -0.05) is 0 Å². The van der Waals surface area contributed by atoms with Crippen molar-refractivity contribution in [2.75, 3.05) is 19.8 Å². The summed E-state index contributed by atoms with van der Waals surface area (Å²) in [6.45, 7) is 6.62. The molecular formula is C8H17O4P. The molecule has 0 fully saturated rings. The van der Waals surface area contributed by atoms with Crippen molar-refractivity contribution in [1.29, 1.82) is 0 Å². The molecule has 0 rings (SSSR count). The van der Waals surface area contributed by atoms with Crippen LogP contribution < -0.4 is 0 Å². The Labute approximate surface area is 79.4 Å². The lowest BCUT2D eigenvalue weighted by Gasteiger charge is -2.12. The van der Waals surface area contributed by atoms with Crippen molar-refractivity contribution >= 4 is 7.60 Å². The van der Waals surface area contributed by atoms with E-state index in [4.69, 9.17) is 13.8 Å². The van der Waals surface area contributed by atoms with Gasteiger partial charge in [0, 0.05) is 0 Å². The molecule has 0 aliphatic rings. The maximum atomic E-state index is 11.7. The van der Waals surface area contributed by atoms with Crippen molar-refractivity contribution in [3.63, 3.8) is 0 Å². The molecule has 0 saturated carbocycles. The van der Waals surface area contributed by atoms with E-state index in [1.54, 1.807) is 13.8 Å². The summed E-state index contributed by atoms with van der Waals surface area (Å²) in [7, 11) is -3.05. The van der Waals surface area contributed by atoms with Crippen molar-refractivity contribution in [2.24, 2.45) is 0 Å². The quantitative estimate of drug-likeness (QED) is 0.476. The summed E-state index contributed by atoms with van der Waals surface area (Å²) in [5.74, 6) is 1.34. The zero-order chi connectivity index (χ0) is 10.2. The normalized spacial score (nSPS) is 12.2. The summed E-state index contributed by atoms with van der Waals surface area (Å²) in [6.07, 6.45) is 1.35. The molecule has 0 N–H and O–H groups in total. The third-order valence-electron chi connectivity index (χ3n) is 1.12. The Balaban J connectivity index is 4.14. The lowest BCUT2D eigenvalue weighted by atomic mass is 10.9. The van der Waals surface area contributed by atoms with Gasteiger partial charge in [0.1, 0.15) is 0 Å². The highest BCUT2D eigenvalue weighted by Gasteiger charge is 2.18. The molecule has 0 atom stereocenters. The molecule has 0 heterocycles. The van der Waals surface area contributed by atoms with Crippen LogP contribution in [0.1, 0.15) is 20.8 Å². The molecule has 0 radical (unpaired) electrons. The van der Waals surface area contributed by atoms with Crippen LogP contribution in [0.5, 0.6) is 0 Å². The monoisotopic (exact) mass is 208 g/mol. The second-order valence-corrected chi connectivity index (χ2v) is 4.01. The fourth-order valence-electron chi connectivity index (χ4n) is 0.697. The van der Waals surface area contributed by atoms with E-state index in [9.17, 15) is 4.57 Å². The number of rotatable bonds is 7. The molecule has 0 bridgehead atoms. The molecule has 0 aliphatic carbocycles. The topological polar surface area (TPSA) is 44.8 Å². The first-order chi connectivity index (χ1) is 6.18. The molecular weight excluding hydrogens is 191 g/mol. The predicted molar refractivity (Wildman–Crippen MR) is 51.6 cm³/mol. The average Bonchev–Trinajstić information content (AvgIpc) is 2.05. The van der Waals surface area contributed by atoms with E-state index in [1.165, 1.54) is 12.1 Å². The summed E-state index contributed by atoms with van der Waals surface area (Å²) in [5.41, 5.74) is 0. The van der Waals surface area contributed by atoms with Crippen LogP contribution in [-0.2, 0) is 18.3 Å². The molecule has 13 heavy (non-hydrogen) atoms. The van der Waals surface area contributed by atoms with Gasteiger partial charge >= 0.3 is 7.60 Å². The van der Waals surface area contributed by atoms with Crippen molar-refractivity contribution < 1.29 is 18.3 Å². The third kappa shape index (κ3) is 5.86. The van der Waals surface area contributed by atoms with Crippen molar-refractivity contribution in [3.05, 3.63) is 12.1 Å². The molecule has 0 amide bonds. The predicted octanol–water partition coefficient (Wildman–Crippen LogP) is 2.76. The summed E-state index contributed by atoms with van der Waals surface area (Å²) >= 11 is 0. The second kappa shape index (κ2) is 7.13. The van der Waals surface area contributed by atoms with Crippen LogP contribution in [0.4, 0.5) is 0 Å². The Bertz CT molecular complexity index is 181. The molecule has 5 heteroatoms. The fourth-order valence-corrected chi connectivity index (χ4v) is 1.90. The van der Waals surface area contributed by atoms with Gasteiger partial charge in [-0.3, -0.25) is 4.57 Å². The second-order valence-electron chi connectivity index (χ2n) is 2.12. The maximum Gasteiger partial charge on any atom is 0.357 e.